The number of hydrogen-bond donors (Lipinski definition) is 1. The Morgan fingerprint density at radius 1 is 1.02 bits per heavy atom. The molecule has 1 unspecified atom stereocenters. The van der Waals surface area contributed by atoms with Gasteiger partial charge < -0.3 is 14.6 Å². The topological polar surface area (TPSA) is 71.9 Å². The quantitative estimate of drug-likeness (QED) is 0.214. The molecule has 0 bridgehead atoms. The summed E-state index contributed by atoms with van der Waals surface area (Å²) in [6.07, 6.45) is 1.000. The van der Waals surface area contributed by atoms with Crippen molar-refractivity contribution in [2.24, 2.45) is 0 Å². The molecule has 8 heteroatoms. The van der Waals surface area contributed by atoms with Crippen LogP contribution < -0.4 is 4.74 Å². The minimum atomic E-state index is -1.31. The van der Waals surface area contributed by atoms with Gasteiger partial charge in [0.25, 0.3) is 0 Å². The lowest BCUT2D eigenvalue weighted by atomic mass is 9.84. The molecule has 0 aliphatic carbocycles. The van der Waals surface area contributed by atoms with Gasteiger partial charge in [0, 0.05) is 47.2 Å². The maximum absolute atomic E-state index is 15.7. The molecular weight excluding hydrogens is 615 g/mol. The van der Waals surface area contributed by atoms with Crippen molar-refractivity contribution >= 4 is 17.6 Å². The van der Waals surface area contributed by atoms with E-state index in [1.54, 1.807) is 6.92 Å². The van der Waals surface area contributed by atoms with Crippen LogP contribution in [-0.4, -0.2) is 39.7 Å². The number of carbonyl (C=O) groups is 1. The molecule has 6 nitrogen and oxygen atoms in total. The molecule has 4 aromatic rings. The molecule has 1 atom stereocenters. The Balaban J connectivity index is 1.49. The van der Waals surface area contributed by atoms with Crippen molar-refractivity contribution in [1.29, 1.82) is 0 Å². The number of aryl methyl sites for hydroxylation is 4. The molecule has 47 heavy (non-hydrogen) atoms. The van der Waals surface area contributed by atoms with Crippen LogP contribution in [0.5, 0.6) is 5.75 Å². The van der Waals surface area contributed by atoms with Crippen molar-refractivity contribution in [3.05, 3.63) is 104 Å². The third-order valence-corrected chi connectivity index (χ3v) is 9.49. The van der Waals surface area contributed by atoms with Crippen LogP contribution >= 0.6 is 11.6 Å². The Hall–Kier alpha value is -3.78. The minimum Gasteiger partial charge on any atom is -0.490 e. The smallest absolute Gasteiger partial charge is 0.337 e. The molecule has 3 aromatic carbocycles. The van der Waals surface area contributed by atoms with Crippen molar-refractivity contribution in [2.45, 2.75) is 85.6 Å². The van der Waals surface area contributed by atoms with Crippen LogP contribution in [-0.2, 0) is 35.5 Å². The maximum Gasteiger partial charge on any atom is 0.337 e. The first kappa shape index (κ1) is 33.1. The number of carboxylic acid groups (broad SMARTS) is 1. The number of fused-ring (bicyclic) bond motifs is 2. The van der Waals surface area contributed by atoms with Crippen molar-refractivity contribution in [3.8, 4) is 28.0 Å². The summed E-state index contributed by atoms with van der Waals surface area (Å²) < 4.78 is 27.6. The van der Waals surface area contributed by atoms with Crippen LogP contribution in [0.15, 0.2) is 48.5 Å². The standard InChI is InChI=1S/C39H42ClFN2O4/c1-22-9-7-11-31(40)30(22)21-43-15-14-25-17-26(12-13-28(25)20-43)33-23(2)42-24(3)34(37(38(44)45)47-39(4,5)6)35(33)29-18-27-10-8-16-46-36(27)32(41)19-29/h7,9,11-13,17-19,37H,8,10,14-16,20-21H2,1-6H3,(H,44,45). The first-order valence-corrected chi connectivity index (χ1v) is 16.6. The molecule has 6 rings (SSSR count). The van der Waals surface area contributed by atoms with E-state index in [9.17, 15) is 9.90 Å². The molecule has 0 fully saturated rings. The monoisotopic (exact) mass is 656 g/mol. The number of hydrogen-bond acceptors (Lipinski definition) is 5. The van der Waals surface area contributed by atoms with Crippen LogP contribution in [0, 0.1) is 26.6 Å². The van der Waals surface area contributed by atoms with E-state index in [0.717, 1.165) is 65.4 Å². The molecule has 2 aliphatic heterocycles. The highest BCUT2D eigenvalue weighted by Gasteiger charge is 2.34. The number of benzene rings is 3. The maximum atomic E-state index is 15.7. The largest absolute Gasteiger partial charge is 0.490 e. The van der Waals surface area contributed by atoms with Gasteiger partial charge in [-0.1, -0.05) is 41.9 Å². The Morgan fingerprint density at radius 2 is 1.79 bits per heavy atom. The summed E-state index contributed by atoms with van der Waals surface area (Å²) in [5.41, 5.74) is 9.45. The molecule has 0 spiro atoms. The van der Waals surface area contributed by atoms with Crippen molar-refractivity contribution in [1.82, 2.24) is 9.88 Å². The Kier molecular flexibility index (Phi) is 9.18. The summed E-state index contributed by atoms with van der Waals surface area (Å²) in [7, 11) is 0. The molecule has 0 amide bonds. The fraction of sp³-hybridized carbons (Fsp3) is 0.385. The number of ether oxygens (including phenoxy) is 2. The van der Waals surface area contributed by atoms with E-state index in [-0.39, 0.29) is 5.75 Å². The van der Waals surface area contributed by atoms with Gasteiger partial charge in [-0.15, -0.1) is 0 Å². The van der Waals surface area contributed by atoms with Crippen molar-refractivity contribution < 1.29 is 23.8 Å². The molecule has 246 valence electrons. The predicted octanol–water partition coefficient (Wildman–Crippen LogP) is 8.96. The lowest BCUT2D eigenvalue weighted by molar-refractivity contribution is -0.160. The Bertz CT molecular complexity index is 1850. The average molecular weight is 657 g/mol. The molecule has 0 saturated heterocycles. The zero-order valence-corrected chi connectivity index (χ0v) is 28.7. The minimum absolute atomic E-state index is 0.275. The third-order valence-electron chi connectivity index (χ3n) is 9.13. The van der Waals surface area contributed by atoms with Gasteiger partial charge in [0.15, 0.2) is 17.7 Å². The first-order valence-electron chi connectivity index (χ1n) is 16.3. The number of pyridine rings is 1. The van der Waals surface area contributed by atoms with Crippen LogP contribution in [0.4, 0.5) is 4.39 Å². The lowest BCUT2D eigenvalue weighted by Gasteiger charge is -2.31. The molecule has 2 aliphatic rings. The second-order valence-electron chi connectivity index (χ2n) is 13.8. The zero-order chi connectivity index (χ0) is 33.6. The molecule has 1 N–H and O–H groups in total. The van der Waals surface area contributed by atoms with Gasteiger partial charge in [0.1, 0.15) is 0 Å². The summed E-state index contributed by atoms with van der Waals surface area (Å²) in [5, 5.41) is 11.3. The van der Waals surface area contributed by atoms with Gasteiger partial charge in [-0.05, 0) is 124 Å². The van der Waals surface area contributed by atoms with Crippen LogP contribution in [0.3, 0.4) is 0 Å². The number of halogens is 2. The van der Waals surface area contributed by atoms with E-state index >= 15 is 4.39 Å². The normalized spacial score (nSPS) is 15.5. The van der Waals surface area contributed by atoms with E-state index in [1.165, 1.54) is 22.8 Å². The number of rotatable bonds is 7. The molecular formula is C39H42ClFN2O4. The summed E-state index contributed by atoms with van der Waals surface area (Å²) in [6, 6.07) is 15.9. The fourth-order valence-electron chi connectivity index (χ4n) is 7.00. The lowest BCUT2D eigenvalue weighted by Crippen LogP contribution is -2.30. The second-order valence-corrected chi connectivity index (χ2v) is 14.2. The molecule has 0 saturated carbocycles. The molecule has 1 aromatic heterocycles. The first-order chi connectivity index (χ1) is 22.3. The van der Waals surface area contributed by atoms with Crippen LogP contribution in [0.2, 0.25) is 5.02 Å². The molecule has 3 heterocycles. The van der Waals surface area contributed by atoms with Crippen LogP contribution in [0.1, 0.15) is 78.1 Å². The van der Waals surface area contributed by atoms with Gasteiger partial charge in [0.2, 0.25) is 0 Å². The van der Waals surface area contributed by atoms with Crippen LogP contribution in [0.25, 0.3) is 22.3 Å². The predicted molar refractivity (Wildman–Crippen MR) is 184 cm³/mol. The number of aromatic nitrogens is 1. The third kappa shape index (κ3) is 6.80. The Morgan fingerprint density at radius 3 is 2.51 bits per heavy atom. The second kappa shape index (κ2) is 13.0. The number of aliphatic carboxylic acids is 1. The number of nitrogens with zero attached hydrogens (tertiary/aromatic N) is 2. The van der Waals surface area contributed by atoms with Crippen molar-refractivity contribution in [3.63, 3.8) is 0 Å². The highest BCUT2D eigenvalue weighted by Crippen LogP contribution is 2.45. The van der Waals surface area contributed by atoms with Gasteiger partial charge in [-0.2, -0.15) is 0 Å². The zero-order valence-electron chi connectivity index (χ0n) is 28.0. The van der Waals surface area contributed by atoms with Crippen molar-refractivity contribution in [2.75, 3.05) is 13.2 Å². The van der Waals surface area contributed by atoms with E-state index in [4.69, 9.17) is 26.1 Å². The number of carboxylic acids is 1. The summed E-state index contributed by atoms with van der Waals surface area (Å²) in [6.45, 7) is 14.2. The summed E-state index contributed by atoms with van der Waals surface area (Å²) in [4.78, 5) is 20.2. The SMILES string of the molecule is Cc1cccc(Cl)c1CN1CCc2cc(-c3c(C)nc(C)c(C(OC(C)(C)C)C(=O)O)c3-c3cc(F)c4c(c3)CCCO4)ccc2C1. The van der Waals surface area contributed by atoms with Gasteiger partial charge >= 0.3 is 5.97 Å². The average Bonchev–Trinajstić information content (AvgIpc) is 3.01. The van der Waals surface area contributed by atoms with E-state index in [2.05, 4.69) is 36.1 Å². The fourth-order valence-corrected chi connectivity index (χ4v) is 7.28. The summed E-state index contributed by atoms with van der Waals surface area (Å²) >= 11 is 6.56. The highest BCUT2D eigenvalue weighted by atomic mass is 35.5. The summed E-state index contributed by atoms with van der Waals surface area (Å²) in [5.74, 6) is -1.30. The Labute approximate surface area is 281 Å². The van der Waals surface area contributed by atoms with E-state index in [0.29, 0.717) is 35.4 Å². The van der Waals surface area contributed by atoms with E-state index < -0.39 is 23.5 Å². The van der Waals surface area contributed by atoms with E-state index in [1.807, 2.05) is 45.9 Å². The van der Waals surface area contributed by atoms with Gasteiger partial charge in [0.05, 0.1) is 12.2 Å². The highest BCUT2D eigenvalue weighted by molar-refractivity contribution is 6.31. The van der Waals surface area contributed by atoms with Gasteiger partial charge in [-0.3, -0.25) is 9.88 Å². The van der Waals surface area contributed by atoms with Gasteiger partial charge in [-0.25, -0.2) is 9.18 Å². The molecule has 0 radical (unpaired) electrons.